The number of nitrogens with zero attached hydrogens (tertiary/aromatic N) is 1. The summed E-state index contributed by atoms with van der Waals surface area (Å²) in [5, 5.41) is 3.56. The molecule has 17 heavy (non-hydrogen) atoms. The normalized spacial score (nSPS) is 16.9. The van der Waals surface area contributed by atoms with E-state index in [0.717, 1.165) is 37.5 Å². The van der Waals surface area contributed by atoms with E-state index in [9.17, 15) is 4.79 Å². The van der Waals surface area contributed by atoms with Crippen LogP contribution in [-0.2, 0) is 0 Å². The first-order chi connectivity index (χ1) is 8.15. The van der Waals surface area contributed by atoms with Crippen LogP contribution in [0.1, 0.15) is 19.8 Å². The highest BCUT2D eigenvalue weighted by Crippen LogP contribution is 2.18. The Hall–Kier alpha value is -1.22. The molecule has 1 heterocycles. The minimum Gasteiger partial charge on any atom is -0.325 e. The largest absolute Gasteiger partial charge is 0.325 e. The third kappa shape index (κ3) is 3.37. The molecule has 1 N–H and O–H groups in total. The maximum absolute atomic E-state index is 11.9. The average molecular weight is 253 g/mol. The number of amides is 2. The van der Waals surface area contributed by atoms with E-state index in [-0.39, 0.29) is 6.03 Å². The Morgan fingerprint density at radius 2 is 1.88 bits per heavy atom. The lowest BCUT2D eigenvalue weighted by molar-refractivity contribution is 0.186. The molecule has 2 rings (SSSR count). The van der Waals surface area contributed by atoms with Crippen LogP contribution in [0.3, 0.4) is 0 Å². The summed E-state index contributed by atoms with van der Waals surface area (Å²) in [7, 11) is 0. The smallest absolute Gasteiger partial charge is 0.321 e. The molecule has 0 aliphatic carbocycles. The van der Waals surface area contributed by atoms with Gasteiger partial charge in [-0.15, -0.1) is 0 Å². The Morgan fingerprint density at radius 1 is 1.29 bits per heavy atom. The number of piperidine rings is 1. The van der Waals surface area contributed by atoms with Crippen LogP contribution < -0.4 is 5.32 Å². The standard InChI is InChI=1S/C13H17ClN2O/c1-10-6-8-16(9-7-10)13(17)15-12-4-2-11(14)3-5-12/h2-5,10H,6-9H2,1H3,(H,15,17). The van der Waals surface area contributed by atoms with Crippen LogP contribution in [-0.4, -0.2) is 24.0 Å². The summed E-state index contributed by atoms with van der Waals surface area (Å²) in [5.41, 5.74) is 0.790. The van der Waals surface area contributed by atoms with Crippen molar-refractivity contribution in [2.75, 3.05) is 18.4 Å². The molecular formula is C13H17ClN2O. The van der Waals surface area contributed by atoms with Crippen molar-refractivity contribution < 1.29 is 4.79 Å². The number of rotatable bonds is 1. The zero-order valence-corrected chi connectivity index (χ0v) is 10.7. The highest BCUT2D eigenvalue weighted by molar-refractivity contribution is 6.30. The van der Waals surface area contributed by atoms with E-state index in [0.29, 0.717) is 5.02 Å². The second-order valence-electron chi connectivity index (χ2n) is 4.61. The van der Waals surface area contributed by atoms with Crippen molar-refractivity contribution in [3.63, 3.8) is 0 Å². The van der Waals surface area contributed by atoms with Gasteiger partial charge in [-0.1, -0.05) is 18.5 Å². The number of halogens is 1. The lowest BCUT2D eigenvalue weighted by Gasteiger charge is -2.30. The van der Waals surface area contributed by atoms with Crippen molar-refractivity contribution in [3.8, 4) is 0 Å². The van der Waals surface area contributed by atoms with Gasteiger partial charge in [0.1, 0.15) is 0 Å². The number of hydrogen-bond acceptors (Lipinski definition) is 1. The third-order valence-corrected chi connectivity index (χ3v) is 3.42. The molecule has 0 saturated carbocycles. The molecule has 3 nitrogen and oxygen atoms in total. The lowest BCUT2D eigenvalue weighted by atomic mass is 10.00. The van der Waals surface area contributed by atoms with Crippen molar-refractivity contribution >= 4 is 23.3 Å². The topological polar surface area (TPSA) is 32.3 Å². The minimum absolute atomic E-state index is 0.0146. The maximum Gasteiger partial charge on any atom is 0.321 e. The Morgan fingerprint density at radius 3 is 2.47 bits per heavy atom. The number of hydrogen-bond donors (Lipinski definition) is 1. The summed E-state index contributed by atoms with van der Waals surface area (Å²) in [4.78, 5) is 13.8. The number of carbonyl (C=O) groups is 1. The Bertz CT molecular complexity index is 383. The van der Waals surface area contributed by atoms with Crippen molar-refractivity contribution in [2.45, 2.75) is 19.8 Å². The monoisotopic (exact) mass is 252 g/mol. The fraction of sp³-hybridized carbons (Fsp3) is 0.462. The highest BCUT2D eigenvalue weighted by atomic mass is 35.5. The molecule has 1 aromatic rings. The number of likely N-dealkylation sites (tertiary alicyclic amines) is 1. The summed E-state index contributed by atoms with van der Waals surface area (Å²) in [5.74, 6) is 0.731. The molecule has 92 valence electrons. The Balaban J connectivity index is 1.90. The molecule has 1 aliphatic rings. The zero-order chi connectivity index (χ0) is 12.3. The van der Waals surface area contributed by atoms with Crippen molar-refractivity contribution in [1.29, 1.82) is 0 Å². The second kappa shape index (κ2) is 5.41. The molecule has 0 atom stereocenters. The van der Waals surface area contributed by atoms with E-state index in [1.165, 1.54) is 0 Å². The fourth-order valence-corrected chi connectivity index (χ4v) is 2.07. The first-order valence-corrected chi connectivity index (χ1v) is 6.34. The Kier molecular flexibility index (Phi) is 3.89. The van der Waals surface area contributed by atoms with E-state index >= 15 is 0 Å². The quantitative estimate of drug-likeness (QED) is 0.814. The van der Waals surface area contributed by atoms with Gasteiger partial charge >= 0.3 is 6.03 Å². The predicted molar refractivity (Wildman–Crippen MR) is 70.4 cm³/mol. The summed E-state index contributed by atoms with van der Waals surface area (Å²) >= 11 is 5.79. The number of nitrogens with one attached hydrogen (secondary N) is 1. The van der Waals surface area contributed by atoms with E-state index in [1.807, 2.05) is 17.0 Å². The van der Waals surface area contributed by atoms with Gasteiger partial charge in [0.2, 0.25) is 0 Å². The van der Waals surface area contributed by atoms with Gasteiger partial charge in [-0.2, -0.15) is 0 Å². The van der Waals surface area contributed by atoms with Crippen LogP contribution in [0.25, 0.3) is 0 Å². The van der Waals surface area contributed by atoms with Crippen LogP contribution in [0, 0.1) is 5.92 Å². The van der Waals surface area contributed by atoms with Crippen LogP contribution in [0.4, 0.5) is 10.5 Å². The predicted octanol–water partition coefficient (Wildman–Crippen LogP) is 3.60. The SMILES string of the molecule is CC1CCN(C(=O)Nc2ccc(Cl)cc2)CC1. The van der Waals surface area contributed by atoms with Gasteiger partial charge in [-0.3, -0.25) is 0 Å². The zero-order valence-electron chi connectivity index (χ0n) is 9.95. The van der Waals surface area contributed by atoms with Gasteiger partial charge in [0.15, 0.2) is 0 Å². The van der Waals surface area contributed by atoms with E-state index in [1.54, 1.807) is 12.1 Å². The lowest BCUT2D eigenvalue weighted by Crippen LogP contribution is -2.40. The molecule has 0 radical (unpaired) electrons. The van der Waals surface area contributed by atoms with Crippen molar-refractivity contribution in [2.24, 2.45) is 5.92 Å². The molecular weight excluding hydrogens is 236 g/mol. The number of benzene rings is 1. The molecule has 1 saturated heterocycles. The summed E-state index contributed by atoms with van der Waals surface area (Å²) in [6.45, 7) is 3.93. The van der Waals surface area contributed by atoms with Gasteiger partial charge in [0.05, 0.1) is 0 Å². The van der Waals surface area contributed by atoms with E-state index in [4.69, 9.17) is 11.6 Å². The fourth-order valence-electron chi connectivity index (χ4n) is 1.95. The van der Waals surface area contributed by atoms with Crippen molar-refractivity contribution in [3.05, 3.63) is 29.3 Å². The summed E-state index contributed by atoms with van der Waals surface area (Å²) < 4.78 is 0. The van der Waals surface area contributed by atoms with E-state index in [2.05, 4.69) is 12.2 Å². The number of carbonyl (C=O) groups excluding carboxylic acids is 1. The first kappa shape index (κ1) is 12.2. The highest BCUT2D eigenvalue weighted by Gasteiger charge is 2.19. The van der Waals surface area contributed by atoms with Gasteiger partial charge in [-0.25, -0.2) is 4.79 Å². The molecule has 0 unspecified atom stereocenters. The van der Waals surface area contributed by atoms with E-state index < -0.39 is 0 Å². The molecule has 1 aromatic carbocycles. The second-order valence-corrected chi connectivity index (χ2v) is 5.04. The number of urea groups is 1. The first-order valence-electron chi connectivity index (χ1n) is 5.96. The van der Waals surface area contributed by atoms with Gasteiger partial charge in [0, 0.05) is 23.8 Å². The summed E-state index contributed by atoms with van der Waals surface area (Å²) in [6, 6.07) is 7.16. The molecule has 1 aliphatic heterocycles. The molecule has 0 spiro atoms. The van der Waals surface area contributed by atoms with Gasteiger partial charge in [-0.05, 0) is 43.0 Å². The maximum atomic E-state index is 11.9. The third-order valence-electron chi connectivity index (χ3n) is 3.17. The minimum atomic E-state index is -0.0146. The van der Waals surface area contributed by atoms with Crippen LogP contribution in [0.5, 0.6) is 0 Å². The van der Waals surface area contributed by atoms with Gasteiger partial charge in [0.25, 0.3) is 0 Å². The van der Waals surface area contributed by atoms with Crippen LogP contribution in [0.15, 0.2) is 24.3 Å². The summed E-state index contributed by atoms with van der Waals surface area (Å²) in [6.07, 6.45) is 2.18. The van der Waals surface area contributed by atoms with Gasteiger partial charge < -0.3 is 10.2 Å². The Labute approximate surface area is 107 Å². The average Bonchev–Trinajstić information content (AvgIpc) is 2.33. The molecule has 1 fully saturated rings. The molecule has 0 bridgehead atoms. The molecule has 4 heteroatoms. The van der Waals surface area contributed by atoms with Crippen LogP contribution in [0.2, 0.25) is 5.02 Å². The number of anilines is 1. The van der Waals surface area contributed by atoms with Crippen LogP contribution >= 0.6 is 11.6 Å². The van der Waals surface area contributed by atoms with Crippen molar-refractivity contribution in [1.82, 2.24) is 4.90 Å². The molecule has 2 amide bonds. The molecule has 0 aromatic heterocycles.